The lowest BCUT2D eigenvalue weighted by atomic mass is 10.1. The molecule has 1 aromatic carbocycles. The van der Waals surface area contributed by atoms with E-state index in [9.17, 15) is 5.11 Å². The van der Waals surface area contributed by atoms with Crippen LogP contribution in [0.1, 0.15) is 30.4 Å². The van der Waals surface area contributed by atoms with Crippen LogP contribution in [0.25, 0.3) is 0 Å². The van der Waals surface area contributed by atoms with Gasteiger partial charge in [0.25, 0.3) is 0 Å². The van der Waals surface area contributed by atoms with Crippen LogP contribution < -0.4 is 5.32 Å². The summed E-state index contributed by atoms with van der Waals surface area (Å²) in [6, 6.07) is 10.4. The number of rotatable bonds is 7. The van der Waals surface area contributed by atoms with Crippen LogP contribution in [-0.2, 0) is 6.42 Å². The summed E-state index contributed by atoms with van der Waals surface area (Å²) >= 11 is 0. The highest BCUT2D eigenvalue weighted by molar-refractivity contribution is 5.14. The van der Waals surface area contributed by atoms with Gasteiger partial charge in [-0.15, -0.1) is 0 Å². The average Bonchev–Trinajstić information content (AvgIpc) is 2.93. The molecule has 1 atom stereocenters. The summed E-state index contributed by atoms with van der Waals surface area (Å²) in [6.07, 6.45) is 5.25. The van der Waals surface area contributed by atoms with Gasteiger partial charge in [-0.1, -0.05) is 30.3 Å². The summed E-state index contributed by atoms with van der Waals surface area (Å²) in [5.41, 5.74) is 1.35. The van der Waals surface area contributed by atoms with E-state index < -0.39 is 6.23 Å². The molecule has 0 saturated heterocycles. The van der Waals surface area contributed by atoms with Crippen LogP contribution in [0.15, 0.2) is 47.3 Å². The van der Waals surface area contributed by atoms with E-state index in [1.54, 1.807) is 0 Å². The average molecular weight is 246 g/mol. The third-order valence-corrected chi connectivity index (χ3v) is 2.79. The van der Waals surface area contributed by atoms with Crippen molar-refractivity contribution in [1.29, 1.82) is 0 Å². The summed E-state index contributed by atoms with van der Waals surface area (Å²) in [5, 5.41) is 12.7. The Morgan fingerprint density at radius 1 is 1.22 bits per heavy atom. The lowest BCUT2D eigenvalue weighted by molar-refractivity contribution is 0.113. The Morgan fingerprint density at radius 3 is 2.78 bits per heavy atom. The number of oxazole rings is 1. The lowest BCUT2D eigenvalue weighted by Crippen LogP contribution is -2.21. The SMILES string of the molecule is OC(NCCCCc1ccccc1)c1cnco1. The highest BCUT2D eigenvalue weighted by Crippen LogP contribution is 2.08. The number of nitrogens with zero attached hydrogens (tertiary/aromatic N) is 1. The third-order valence-electron chi connectivity index (χ3n) is 2.79. The molecule has 18 heavy (non-hydrogen) atoms. The maximum atomic E-state index is 9.68. The van der Waals surface area contributed by atoms with Gasteiger partial charge in [-0.3, -0.25) is 5.32 Å². The summed E-state index contributed by atoms with van der Waals surface area (Å²) in [6.45, 7) is 0.759. The summed E-state index contributed by atoms with van der Waals surface area (Å²) in [5.74, 6) is 0.457. The first-order valence-corrected chi connectivity index (χ1v) is 6.20. The van der Waals surface area contributed by atoms with E-state index >= 15 is 0 Å². The molecule has 0 bridgehead atoms. The first kappa shape index (κ1) is 12.8. The topological polar surface area (TPSA) is 58.3 Å². The van der Waals surface area contributed by atoms with Gasteiger partial charge in [-0.05, 0) is 31.4 Å². The fourth-order valence-electron chi connectivity index (χ4n) is 1.80. The molecule has 1 unspecified atom stereocenters. The van der Waals surface area contributed by atoms with E-state index in [4.69, 9.17) is 4.42 Å². The molecular weight excluding hydrogens is 228 g/mol. The Kier molecular flexibility index (Phi) is 4.93. The first-order chi connectivity index (χ1) is 8.86. The van der Waals surface area contributed by atoms with Gasteiger partial charge in [0.05, 0.1) is 6.20 Å². The molecule has 2 rings (SSSR count). The van der Waals surface area contributed by atoms with E-state index in [0.29, 0.717) is 5.76 Å². The largest absolute Gasteiger partial charge is 0.444 e. The van der Waals surface area contributed by atoms with Crippen molar-refractivity contribution < 1.29 is 9.52 Å². The molecule has 0 amide bonds. The van der Waals surface area contributed by atoms with Crippen LogP contribution in [0.3, 0.4) is 0 Å². The highest BCUT2D eigenvalue weighted by atomic mass is 16.4. The second-order valence-electron chi connectivity index (χ2n) is 4.20. The fourth-order valence-corrected chi connectivity index (χ4v) is 1.80. The van der Waals surface area contributed by atoms with Crippen LogP contribution in [0.2, 0.25) is 0 Å². The molecule has 0 saturated carbocycles. The van der Waals surface area contributed by atoms with Crippen molar-refractivity contribution in [3.05, 3.63) is 54.2 Å². The van der Waals surface area contributed by atoms with Crippen molar-refractivity contribution in [2.45, 2.75) is 25.5 Å². The maximum Gasteiger partial charge on any atom is 0.181 e. The zero-order chi connectivity index (χ0) is 12.6. The van der Waals surface area contributed by atoms with Crippen molar-refractivity contribution in [2.75, 3.05) is 6.54 Å². The van der Waals surface area contributed by atoms with Gasteiger partial charge in [0.1, 0.15) is 0 Å². The predicted molar refractivity (Wildman–Crippen MR) is 68.8 cm³/mol. The van der Waals surface area contributed by atoms with Gasteiger partial charge < -0.3 is 9.52 Å². The van der Waals surface area contributed by atoms with Crippen molar-refractivity contribution >= 4 is 0 Å². The minimum atomic E-state index is -0.760. The fraction of sp³-hybridized carbons (Fsp3) is 0.357. The van der Waals surface area contributed by atoms with Crippen molar-refractivity contribution in [3.63, 3.8) is 0 Å². The molecule has 2 aromatic rings. The molecule has 0 aliphatic rings. The van der Waals surface area contributed by atoms with Gasteiger partial charge >= 0.3 is 0 Å². The number of aromatic nitrogens is 1. The molecule has 1 aromatic heterocycles. The van der Waals surface area contributed by atoms with E-state index in [1.807, 2.05) is 6.07 Å². The van der Waals surface area contributed by atoms with Crippen LogP contribution >= 0.6 is 0 Å². The van der Waals surface area contributed by atoms with Gasteiger partial charge in [0.15, 0.2) is 18.4 Å². The predicted octanol–water partition coefficient (Wildman–Crippen LogP) is 2.28. The van der Waals surface area contributed by atoms with E-state index in [-0.39, 0.29) is 0 Å². The number of aliphatic hydroxyl groups excluding tert-OH is 1. The van der Waals surface area contributed by atoms with Crippen molar-refractivity contribution in [3.8, 4) is 0 Å². The molecule has 4 heteroatoms. The summed E-state index contributed by atoms with van der Waals surface area (Å²) < 4.78 is 5.00. The van der Waals surface area contributed by atoms with Crippen LogP contribution in [0.5, 0.6) is 0 Å². The standard InChI is InChI=1S/C14H18N2O2/c17-14(13-10-15-11-18-13)16-9-5-4-8-12-6-2-1-3-7-12/h1-3,6-7,10-11,14,16-17H,4-5,8-9H2. The maximum absolute atomic E-state index is 9.68. The molecule has 2 N–H and O–H groups in total. The Balaban J connectivity index is 1.59. The molecule has 0 aliphatic carbocycles. The molecular formula is C14H18N2O2. The third kappa shape index (κ3) is 3.98. The molecule has 96 valence electrons. The van der Waals surface area contributed by atoms with Crippen LogP contribution in [-0.4, -0.2) is 16.6 Å². The Bertz CT molecular complexity index is 428. The minimum absolute atomic E-state index is 0.457. The number of nitrogens with one attached hydrogen (secondary N) is 1. The number of hydrogen-bond donors (Lipinski definition) is 2. The molecule has 0 aliphatic heterocycles. The number of aryl methyl sites for hydroxylation is 1. The zero-order valence-corrected chi connectivity index (χ0v) is 10.2. The first-order valence-electron chi connectivity index (χ1n) is 6.20. The van der Waals surface area contributed by atoms with E-state index in [1.165, 1.54) is 18.2 Å². The Labute approximate surface area is 107 Å². The lowest BCUT2D eigenvalue weighted by Gasteiger charge is -2.09. The molecule has 4 nitrogen and oxygen atoms in total. The van der Waals surface area contributed by atoms with Crippen LogP contribution in [0, 0.1) is 0 Å². The minimum Gasteiger partial charge on any atom is -0.444 e. The molecule has 0 fully saturated rings. The van der Waals surface area contributed by atoms with Crippen molar-refractivity contribution in [2.24, 2.45) is 0 Å². The smallest absolute Gasteiger partial charge is 0.181 e. The normalized spacial score (nSPS) is 12.5. The number of unbranched alkanes of at least 4 members (excludes halogenated alkanes) is 1. The molecule has 1 heterocycles. The van der Waals surface area contributed by atoms with Gasteiger partial charge in [-0.2, -0.15) is 0 Å². The highest BCUT2D eigenvalue weighted by Gasteiger charge is 2.08. The second kappa shape index (κ2) is 6.93. The zero-order valence-electron chi connectivity index (χ0n) is 10.2. The Morgan fingerprint density at radius 2 is 2.06 bits per heavy atom. The monoisotopic (exact) mass is 246 g/mol. The summed E-state index contributed by atoms with van der Waals surface area (Å²) in [4.78, 5) is 3.76. The van der Waals surface area contributed by atoms with E-state index in [0.717, 1.165) is 25.8 Å². The molecule has 0 radical (unpaired) electrons. The van der Waals surface area contributed by atoms with Gasteiger partial charge in [0.2, 0.25) is 0 Å². The number of hydrogen-bond acceptors (Lipinski definition) is 4. The quantitative estimate of drug-likeness (QED) is 0.581. The number of benzene rings is 1. The van der Waals surface area contributed by atoms with Gasteiger partial charge in [-0.25, -0.2) is 4.98 Å². The summed E-state index contributed by atoms with van der Waals surface area (Å²) in [7, 11) is 0. The van der Waals surface area contributed by atoms with Gasteiger partial charge in [0, 0.05) is 0 Å². The van der Waals surface area contributed by atoms with E-state index in [2.05, 4.69) is 34.6 Å². The van der Waals surface area contributed by atoms with Crippen molar-refractivity contribution in [1.82, 2.24) is 10.3 Å². The van der Waals surface area contributed by atoms with Crippen LogP contribution in [0.4, 0.5) is 0 Å². The second-order valence-corrected chi connectivity index (χ2v) is 4.20. The molecule has 0 spiro atoms. The Hall–Kier alpha value is -1.65. The number of aliphatic hydroxyl groups is 1.